The number of likely N-dealkylation sites (N-methyl/N-ethyl adjacent to an activating group) is 1. The summed E-state index contributed by atoms with van der Waals surface area (Å²) in [6, 6.07) is 2.98. The average molecular weight is 308 g/mol. The number of piperidine rings is 1. The summed E-state index contributed by atoms with van der Waals surface area (Å²) in [6.07, 6.45) is 1.37. The molecule has 1 aromatic carbocycles. The van der Waals surface area contributed by atoms with Crippen LogP contribution in [0.5, 0.6) is 0 Å². The largest absolute Gasteiger partial charge is 0.343 e. The Morgan fingerprint density at radius 2 is 2.14 bits per heavy atom. The highest BCUT2D eigenvalue weighted by molar-refractivity contribution is 5.85. The molecule has 0 radical (unpaired) electrons. The van der Waals surface area contributed by atoms with Crippen molar-refractivity contribution in [3.63, 3.8) is 0 Å². The van der Waals surface area contributed by atoms with E-state index in [9.17, 15) is 18.4 Å². The summed E-state index contributed by atoms with van der Waals surface area (Å²) < 4.78 is 26.9. The smallest absolute Gasteiger partial charge is 0.227 e. The summed E-state index contributed by atoms with van der Waals surface area (Å²) in [5, 5.41) is 0. The highest BCUT2D eigenvalue weighted by Gasteiger charge is 2.45. The number of fused-ring (bicyclic) bond motifs is 1. The van der Waals surface area contributed by atoms with E-state index in [-0.39, 0.29) is 35.8 Å². The van der Waals surface area contributed by atoms with Crippen molar-refractivity contribution in [3.8, 4) is 0 Å². The minimum Gasteiger partial charge on any atom is -0.343 e. The molecule has 6 heteroatoms. The molecule has 118 valence electrons. The second-order valence-electron chi connectivity index (χ2n) is 6.03. The third-order valence-electron chi connectivity index (χ3n) is 4.60. The maximum Gasteiger partial charge on any atom is 0.227 e. The van der Waals surface area contributed by atoms with E-state index < -0.39 is 11.6 Å². The molecule has 0 bridgehead atoms. The minimum atomic E-state index is -0.581. The zero-order valence-corrected chi connectivity index (χ0v) is 12.4. The maximum atomic E-state index is 13.7. The lowest BCUT2D eigenvalue weighted by atomic mass is 9.91. The Labute approximate surface area is 127 Å². The summed E-state index contributed by atoms with van der Waals surface area (Å²) in [5.41, 5.74) is 0.0600. The van der Waals surface area contributed by atoms with Crippen LogP contribution in [0.1, 0.15) is 18.4 Å². The monoisotopic (exact) mass is 308 g/mol. The van der Waals surface area contributed by atoms with Gasteiger partial charge >= 0.3 is 0 Å². The topological polar surface area (TPSA) is 40.6 Å². The first-order chi connectivity index (χ1) is 10.5. The zero-order valence-electron chi connectivity index (χ0n) is 12.4. The van der Waals surface area contributed by atoms with Crippen molar-refractivity contribution in [1.82, 2.24) is 9.80 Å². The van der Waals surface area contributed by atoms with E-state index in [0.29, 0.717) is 13.1 Å². The zero-order chi connectivity index (χ0) is 15.9. The van der Waals surface area contributed by atoms with Crippen LogP contribution in [0.4, 0.5) is 8.78 Å². The van der Waals surface area contributed by atoms with Crippen molar-refractivity contribution in [3.05, 3.63) is 35.4 Å². The van der Waals surface area contributed by atoms with Gasteiger partial charge in [-0.15, -0.1) is 0 Å². The number of halogens is 2. The highest BCUT2D eigenvalue weighted by Crippen LogP contribution is 2.31. The summed E-state index contributed by atoms with van der Waals surface area (Å²) in [4.78, 5) is 27.8. The Kier molecular flexibility index (Phi) is 3.85. The SMILES string of the molecule is CN1C[C@@H]2[C@@H](CCCN2C(=O)Cc2cc(F)ccc2F)C1=O. The van der Waals surface area contributed by atoms with E-state index in [1.807, 2.05) is 0 Å². The number of carbonyl (C=O) groups is 2. The van der Waals surface area contributed by atoms with Crippen LogP contribution in [-0.2, 0) is 16.0 Å². The number of hydrogen-bond acceptors (Lipinski definition) is 2. The molecule has 2 heterocycles. The predicted octanol–water partition coefficient (Wildman–Crippen LogP) is 1.59. The van der Waals surface area contributed by atoms with E-state index >= 15 is 0 Å². The van der Waals surface area contributed by atoms with Crippen molar-refractivity contribution in [2.24, 2.45) is 5.92 Å². The molecule has 2 amide bonds. The van der Waals surface area contributed by atoms with Crippen LogP contribution in [0.3, 0.4) is 0 Å². The predicted molar refractivity (Wildman–Crippen MR) is 75.9 cm³/mol. The first-order valence-electron chi connectivity index (χ1n) is 7.45. The van der Waals surface area contributed by atoms with Gasteiger partial charge in [0, 0.05) is 25.7 Å². The van der Waals surface area contributed by atoms with Gasteiger partial charge in [-0.2, -0.15) is 0 Å². The molecular formula is C16H18F2N2O2. The first-order valence-corrected chi connectivity index (χ1v) is 7.45. The van der Waals surface area contributed by atoms with Crippen LogP contribution in [0.15, 0.2) is 18.2 Å². The molecule has 0 aromatic heterocycles. The lowest BCUT2D eigenvalue weighted by Gasteiger charge is -2.36. The lowest BCUT2D eigenvalue weighted by molar-refractivity contribution is -0.136. The quantitative estimate of drug-likeness (QED) is 0.832. The first kappa shape index (κ1) is 14.9. The number of likely N-dealkylation sites (tertiary alicyclic amines) is 2. The third kappa shape index (κ3) is 2.58. The molecule has 0 saturated carbocycles. The molecule has 0 spiro atoms. The van der Waals surface area contributed by atoms with E-state index in [1.54, 1.807) is 16.8 Å². The molecule has 2 fully saturated rings. The van der Waals surface area contributed by atoms with Crippen molar-refractivity contribution < 1.29 is 18.4 Å². The Morgan fingerprint density at radius 1 is 1.36 bits per heavy atom. The van der Waals surface area contributed by atoms with Gasteiger partial charge < -0.3 is 9.80 Å². The number of carbonyl (C=O) groups excluding carboxylic acids is 2. The normalized spacial score (nSPS) is 24.6. The van der Waals surface area contributed by atoms with Gasteiger partial charge in [0.1, 0.15) is 11.6 Å². The third-order valence-corrected chi connectivity index (χ3v) is 4.60. The highest BCUT2D eigenvalue weighted by atomic mass is 19.1. The van der Waals surface area contributed by atoms with Gasteiger partial charge in [0.15, 0.2) is 0 Å². The maximum absolute atomic E-state index is 13.7. The van der Waals surface area contributed by atoms with E-state index in [4.69, 9.17) is 0 Å². The number of hydrogen-bond donors (Lipinski definition) is 0. The van der Waals surface area contributed by atoms with Gasteiger partial charge in [0.2, 0.25) is 11.8 Å². The van der Waals surface area contributed by atoms with E-state index in [2.05, 4.69) is 0 Å². The summed E-state index contributed by atoms with van der Waals surface area (Å²) in [6.45, 7) is 1.08. The molecule has 3 rings (SSSR count). The van der Waals surface area contributed by atoms with Gasteiger partial charge in [0.25, 0.3) is 0 Å². The standard InChI is InChI=1S/C16H18F2N2O2/c1-19-9-14-12(16(19)22)3-2-6-20(14)15(21)8-10-7-11(17)4-5-13(10)18/h4-5,7,12,14H,2-3,6,8-9H2,1H3/t12-,14-/m1/s1. The summed E-state index contributed by atoms with van der Waals surface area (Å²) >= 11 is 0. The van der Waals surface area contributed by atoms with E-state index in [0.717, 1.165) is 31.0 Å². The fourth-order valence-electron chi connectivity index (χ4n) is 3.48. The van der Waals surface area contributed by atoms with Gasteiger partial charge in [-0.05, 0) is 31.0 Å². The molecule has 0 unspecified atom stereocenters. The Bertz CT molecular complexity index is 620. The second kappa shape index (κ2) is 5.66. The number of rotatable bonds is 2. The fraction of sp³-hybridized carbons (Fsp3) is 0.500. The van der Waals surface area contributed by atoms with Crippen molar-refractivity contribution in [2.75, 3.05) is 20.1 Å². The van der Waals surface area contributed by atoms with Crippen LogP contribution < -0.4 is 0 Å². The van der Waals surface area contributed by atoms with Gasteiger partial charge in [-0.25, -0.2) is 8.78 Å². The van der Waals surface area contributed by atoms with Crippen molar-refractivity contribution >= 4 is 11.8 Å². The Hall–Kier alpha value is -1.98. The molecule has 2 aliphatic rings. The van der Waals surface area contributed by atoms with Gasteiger partial charge in [0.05, 0.1) is 18.4 Å². The van der Waals surface area contributed by atoms with Crippen molar-refractivity contribution in [1.29, 1.82) is 0 Å². The second-order valence-corrected chi connectivity index (χ2v) is 6.03. The molecule has 22 heavy (non-hydrogen) atoms. The number of nitrogens with zero attached hydrogens (tertiary/aromatic N) is 2. The van der Waals surface area contributed by atoms with Crippen LogP contribution in [0.2, 0.25) is 0 Å². The number of benzene rings is 1. The molecule has 1 aromatic rings. The van der Waals surface area contributed by atoms with Crippen LogP contribution in [0, 0.1) is 17.6 Å². The molecular weight excluding hydrogens is 290 g/mol. The summed E-state index contributed by atoms with van der Waals surface area (Å²) in [7, 11) is 1.73. The molecule has 0 N–H and O–H groups in total. The Morgan fingerprint density at radius 3 is 2.91 bits per heavy atom. The van der Waals surface area contributed by atoms with Crippen LogP contribution >= 0.6 is 0 Å². The molecule has 2 saturated heterocycles. The number of amides is 2. The lowest BCUT2D eigenvalue weighted by Crippen LogP contribution is -2.49. The average Bonchev–Trinajstić information content (AvgIpc) is 2.78. The fourth-order valence-corrected chi connectivity index (χ4v) is 3.48. The molecule has 2 atom stereocenters. The molecule has 2 aliphatic heterocycles. The molecule has 0 aliphatic carbocycles. The van der Waals surface area contributed by atoms with Crippen molar-refractivity contribution in [2.45, 2.75) is 25.3 Å². The molecule has 4 nitrogen and oxygen atoms in total. The van der Waals surface area contributed by atoms with Gasteiger partial charge in [-0.1, -0.05) is 0 Å². The Balaban J connectivity index is 1.77. The van der Waals surface area contributed by atoms with Gasteiger partial charge in [-0.3, -0.25) is 9.59 Å². The van der Waals surface area contributed by atoms with Crippen LogP contribution in [-0.4, -0.2) is 47.8 Å². The minimum absolute atomic E-state index is 0.0600. The van der Waals surface area contributed by atoms with Crippen LogP contribution in [0.25, 0.3) is 0 Å². The summed E-state index contributed by atoms with van der Waals surface area (Å²) in [5.74, 6) is -1.47. The van der Waals surface area contributed by atoms with E-state index in [1.165, 1.54) is 0 Å².